The van der Waals surface area contributed by atoms with Gasteiger partial charge in [0.2, 0.25) is 15.9 Å². The molecule has 0 heterocycles. The second-order valence-corrected chi connectivity index (χ2v) is 8.98. The standard InChI is InChI=1S/C19H20Cl2FN3O4S/c1-3-8-25(11-18(26)24-17-7-4-12(20)9-15(17)21)19(27)14-10-13(5-6-16(14)22)30(28,29)23-2/h4-7,9-10,23H,3,8,11H2,1-2H3,(H,24,26). The number of hydrogen-bond donors (Lipinski definition) is 2. The third kappa shape index (κ3) is 5.91. The normalized spacial score (nSPS) is 11.2. The van der Waals surface area contributed by atoms with Crippen molar-refractivity contribution in [1.82, 2.24) is 9.62 Å². The van der Waals surface area contributed by atoms with Crippen LogP contribution in [-0.2, 0) is 14.8 Å². The average molecular weight is 476 g/mol. The Kier molecular flexibility index (Phi) is 8.19. The first-order valence-corrected chi connectivity index (χ1v) is 11.1. The lowest BCUT2D eigenvalue weighted by molar-refractivity contribution is -0.116. The summed E-state index contributed by atoms with van der Waals surface area (Å²) >= 11 is 11.9. The summed E-state index contributed by atoms with van der Waals surface area (Å²) < 4.78 is 40.3. The number of carbonyl (C=O) groups is 2. The van der Waals surface area contributed by atoms with Crippen LogP contribution in [0.5, 0.6) is 0 Å². The van der Waals surface area contributed by atoms with Crippen molar-refractivity contribution >= 4 is 50.7 Å². The maximum atomic E-state index is 14.3. The Labute approximate surface area is 184 Å². The van der Waals surface area contributed by atoms with E-state index in [0.29, 0.717) is 17.1 Å². The minimum atomic E-state index is -3.87. The summed E-state index contributed by atoms with van der Waals surface area (Å²) in [5.41, 5.74) is -0.139. The molecule has 0 atom stereocenters. The van der Waals surface area contributed by atoms with Gasteiger partial charge in [-0.15, -0.1) is 0 Å². The molecule has 30 heavy (non-hydrogen) atoms. The monoisotopic (exact) mass is 475 g/mol. The molecule has 0 fully saturated rings. The number of hydrogen-bond acceptors (Lipinski definition) is 4. The molecular weight excluding hydrogens is 456 g/mol. The van der Waals surface area contributed by atoms with Crippen molar-refractivity contribution in [3.8, 4) is 0 Å². The van der Waals surface area contributed by atoms with E-state index in [2.05, 4.69) is 10.0 Å². The molecule has 2 amide bonds. The molecule has 0 saturated carbocycles. The Morgan fingerprint density at radius 2 is 1.83 bits per heavy atom. The van der Waals surface area contributed by atoms with Crippen LogP contribution in [0.1, 0.15) is 23.7 Å². The van der Waals surface area contributed by atoms with Crippen LogP contribution < -0.4 is 10.0 Å². The molecule has 162 valence electrons. The number of rotatable bonds is 8. The third-order valence-electron chi connectivity index (χ3n) is 4.07. The van der Waals surface area contributed by atoms with Gasteiger partial charge in [-0.25, -0.2) is 17.5 Å². The fourth-order valence-corrected chi connectivity index (χ4v) is 3.81. The van der Waals surface area contributed by atoms with E-state index in [4.69, 9.17) is 23.2 Å². The van der Waals surface area contributed by atoms with E-state index in [0.717, 1.165) is 23.1 Å². The fraction of sp³-hybridized carbons (Fsp3) is 0.263. The molecule has 2 aromatic rings. The van der Waals surface area contributed by atoms with Crippen molar-refractivity contribution in [2.24, 2.45) is 0 Å². The summed E-state index contributed by atoms with van der Waals surface area (Å²) in [7, 11) is -2.67. The average Bonchev–Trinajstić information content (AvgIpc) is 2.69. The number of nitrogens with zero attached hydrogens (tertiary/aromatic N) is 1. The van der Waals surface area contributed by atoms with Crippen molar-refractivity contribution in [3.05, 3.63) is 57.8 Å². The van der Waals surface area contributed by atoms with E-state index < -0.39 is 33.2 Å². The highest BCUT2D eigenvalue weighted by Gasteiger charge is 2.24. The topological polar surface area (TPSA) is 95.6 Å². The van der Waals surface area contributed by atoms with Gasteiger partial charge in [0.05, 0.1) is 21.2 Å². The Morgan fingerprint density at radius 3 is 2.43 bits per heavy atom. The minimum absolute atomic E-state index is 0.156. The molecule has 0 aliphatic heterocycles. The summed E-state index contributed by atoms with van der Waals surface area (Å²) in [5.74, 6) is -2.25. The Bertz CT molecular complexity index is 1060. The molecular formula is C19H20Cl2FN3O4S. The summed E-state index contributed by atoms with van der Waals surface area (Å²) in [4.78, 5) is 26.2. The number of carbonyl (C=O) groups excluding carboxylic acids is 2. The number of sulfonamides is 1. The highest BCUT2D eigenvalue weighted by atomic mass is 35.5. The van der Waals surface area contributed by atoms with Crippen LogP contribution in [0.4, 0.5) is 10.1 Å². The molecule has 0 aromatic heterocycles. The molecule has 0 spiro atoms. The lowest BCUT2D eigenvalue weighted by atomic mass is 10.1. The minimum Gasteiger partial charge on any atom is -0.329 e. The van der Waals surface area contributed by atoms with E-state index in [9.17, 15) is 22.4 Å². The Balaban J connectivity index is 2.26. The van der Waals surface area contributed by atoms with Gasteiger partial charge in [-0.2, -0.15) is 0 Å². The van der Waals surface area contributed by atoms with Gasteiger partial charge in [0.15, 0.2) is 0 Å². The van der Waals surface area contributed by atoms with Crippen LogP contribution >= 0.6 is 23.2 Å². The SMILES string of the molecule is CCCN(CC(=O)Nc1ccc(Cl)cc1Cl)C(=O)c1cc(S(=O)(=O)NC)ccc1F. The highest BCUT2D eigenvalue weighted by Crippen LogP contribution is 2.25. The zero-order chi connectivity index (χ0) is 22.5. The maximum absolute atomic E-state index is 14.3. The first-order chi connectivity index (χ1) is 14.1. The van der Waals surface area contributed by atoms with Gasteiger partial charge >= 0.3 is 0 Å². The van der Waals surface area contributed by atoms with Crippen LogP contribution in [0.2, 0.25) is 10.0 Å². The number of nitrogens with one attached hydrogen (secondary N) is 2. The first-order valence-electron chi connectivity index (χ1n) is 8.86. The fourth-order valence-electron chi connectivity index (χ4n) is 2.60. The van der Waals surface area contributed by atoms with Gasteiger partial charge in [-0.1, -0.05) is 30.1 Å². The molecule has 11 heteroatoms. The molecule has 0 unspecified atom stereocenters. The second kappa shape index (κ2) is 10.2. The van der Waals surface area contributed by atoms with E-state index >= 15 is 0 Å². The molecule has 0 aliphatic rings. The van der Waals surface area contributed by atoms with Gasteiger partial charge in [-0.3, -0.25) is 9.59 Å². The Morgan fingerprint density at radius 1 is 1.13 bits per heavy atom. The van der Waals surface area contributed by atoms with Crippen molar-refractivity contribution in [3.63, 3.8) is 0 Å². The predicted octanol–water partition coefficient (Wildman–Crippen LogP) is 3.53. The van der Waals surface area contributed by atoms with E-state index in [1.807, 2.05) is 0 Å². The summed E-state index contributed by atoms with van der Waals surface area (Å²) in [5, 5.41) is 3.19. The van der Waals surface area contributed by atoms with Crippen molar-refractivity contribution in [1.29, 1.82) is 0 Å². The summed E-state index contributed by atoms with van der Waals surface area (Å²) in [6.07, 6.45) is 0.497. The summed E-state index contributed by atoms with van der Waals surface area (Å²) in [6.45, 7) is 1.56. The van der Waals surface area contributed by atoms with Gasteiger partial charge in [0.1, 0.15) is 12.4 Å². The van der Waals surface area contributed by atoms with Gasteiger partial charge in [0, 0.05) is 11.6 Å². The van der Waals surface area contributed by atoms with Gasteiger partial charge in [-0.05, 0) is 49.9 Å². The molecule has 0 bridgehead atoms. The summed E-state index contributed by atoms with van der Waals surface area (Å²) in [6, 6.07) is 7.41. The van der Waals surface area contributed by atoms with E-state index in [-0.39, 0.29) is 23.0 Å². The van der Waals surface area contributed by atoms with Crippen LogP contribution in [-0.4, -0.2) is 45.3 Å². The molecule has 2 rings (SSSR count). The largest absolute Gasteiger partial charge is 0.329 e. The van der Waals surface area contributed by atoms with E-state index in [1.54, 1.807) is 13.0 Å². The molecule has 0 aliphatic carbocycles. The molecule has 2 aromatic carbocycles. The van der Waals surface area contributed by atoms with Crippen LogP contribution in [0.25, 0.3) is 0 Å². The van der Waals surface area contributed by atoms with Crippen LogP contribution in [0.15, 0.2) is 41.3 Å². The molecule has 2 N–H and O–H groups in total. The second-order valence-electron chi connectivity index (χ2n) is 6.25. The zero-order valence-corrected chi connectivity index (χ0v) is 18.5. The third-order valence-corrected chi connectivity index (χ3v) is 6.03. The maximum Gasteiger partial charge on any atom is 0.257 e. The van der Waals surface area contributed by atoms with Crippen LogP contribution in [0.3, 0.4) is 0 Å². The number of halogens is 3. The molecule has 0 saturated heterocycles. The quantitative estimate of drug-likeness (QED) is 0.610. The molecule has 7 nitrogen and oxygen atoms in total. The van der Waals surface area contributed by atoms with Gasteiger partial charge < -0.3 is 10.2 Å². The first kappa shape index (κ1) is 24.1. The predicted molar refractivity (Wildman–Crippen MR) is 114 cm³/mol. The molecule has 0 radical (unpaired) electrons. The lowest BCUT2D eigenvalue weighted by Crippen LogP contribution is -2.39. The van der Waals surface area contributed by atoms with Crippen molar-refractivity contribution in [2.75, 3.05) is 25.5 Å². The smallest absolute Gasteiger partial charge is 0.257 e. The number of benzene rings is 2. The number of amides is 2. The lowest BCUT2D eigenvalue weighted by Gasteiger charge is -2.22. The zero-order valence-electron chi connectivity index (χ0n) is 16.2. The van der Waals surface area contributed by atoms with Crippen LogP contribution in [0, 0.1) is 5.82 Å². The van der Waals surface area contributed by atoms with Crippen molar-refractivity contribution in [2.45, 2.75) is 18.2 Å². The van der Waals surface area contributed by atoms with Gasteiger partial charge in [0.25, 0.3) is 5.91 Å². The Hall–Kier alpha value is -2.20. The highest BCUT2D eigenvalue weighted by molar-refractivity contribution is 7.89. The number of anilines is 1. The van der Waals surface area contributed by atoms with E-state index in [1.165, 1.54) is 19.2 Å². The van der Waals surface area contributed by atoms with Crippen molar-refractivity contribution < 1.29 is 22.4 Å².